The molecule has 374 valence electrons. The topological polar surface area (TPSA) is 78.9 Å². The van der Waals surface area contributed by atoms with E-state index in [0.29, 0.717) is 19.3 Å². The molecular weight excluding hydrogens is 805 g/mol. The minimum Gasteiger partial charge on any atom is -0.462 e. The molecular formula is C59H102O6. The monoisotopic (exact) mass is 907 g/mol. The largest absolute Gasteiger partial charge is 0.462 e. The van der Waals surface area contributed by atoms with Crippen LogP contribution in [0.5, 0.6) is 0 Å². The normalized spacial score (nSPS) is 12.6. The Balaban J connectivity index is 4.19. The predicted octanol–water partition coefficient (Wildman–Crippen LogP) is 18.2. The van der Waals surface area contributed by atoms with Gasteiger partial charge in [0.2, 0.25) is 0 Å². The molecule has 0 aliphatic heterocycles. The lowest BCUT2D eigenvalue weighted by atomic mass is 10.0. The fourth-order valence-electron chi connectivity index (χ4n) is 7.62. The first-order valence-electron chi connectivity index (χ1n) is 27.4. The summed E-state index contributed by atoms with van der Waals surface area (Å²) >= 11 is 0. The highest BCUT2D eigenvalue weighted by Crippen LogP contribution is 2.16. The molecule has 0 bridgehead atoms. The van der Waals surface area contributed by atoms with Crippen LogP contribution in [0.4, 0.5) is 0 Å². The molecule has 0 amide bonds. The van der Waals surface area contributed by atoms with Crippen LogP contribution in [0.1, 0.15) is 265 Å². The Morgan fingerprint density at radius 2 is 0.600 bits per heavy atom. The van der Waals surface area contributed by atoms with Crippen LogP contribution in [0.2, 0.25) is 0 Å². The quantitative estimate of drug-likeness (QED) is 0.0262. The van der Waals surface area contributed by atoms with E-state index < -0.39 is 6.10 Å². The van der Waals surface area contributed by atoms with Crippen molar-refractivity contribution in [1.82, 2.24) is 0 Å². The lowest BCUT2D eigenvalue weighted by molar-refractivity contribution is -0.167. The van der Waals surface area contributed by atoms with E-state index in [2.05, 4.69) is 93.7 Å². The fourth-order valence-corrected chi connectivity index (χ4v) is 7.62. The summed E-state index contributed by atoms with van der Waals surface area (Å²) in [6, 6.07) is 0. The number of esters is 3. The average Bonchev–Trinajstić information content (AvgIpc) is 3.30. The number of carbonyl (C=O) groups is 3. The van der Waals surface area contributed by atoms with Gasteiger partial charge in [-0.05, 0) is 70.6 Å². The van der Waals surface area contributed by atoms with E-state index in [1.54, 1.807) is 0 Å². The highest BCUT2D eigenvalue weighted by molar-refractivity contribution is 5.71. The van der Waals surface area contributed by atoms with E-state index in [4.69, 9.17) is 14.2 Å². The molecule has 1 unspecified atom stereocenters. The van der Waals surface area contributed by atoms with E-state index in [1.165, 1.54) is 122 Å². The van der Waals surface area contributed by atoms with Gasteiger partial charge in [-0.2, -0.15) is 0 Å². The molecule has 6 nitrogen and oxygen atoms in total. The van der Waals surface area contributed by atoms with Gasteiger partial charge in [-0.25, -0.2) is 0 Å². The van der Waals surface area contributed by atoms with Gasteiger partial charge in [-0.15, -0.1) is 0 Å². The molecule has 0 spiro atoms. The summed E-state index contributed by atoms with van der Waals surface area (Å²) in [6.45, 7) is 6.42. The molecule has 0 aromatic rings. The van der Waals surface area contributed by atoms with E-state index in [-0.39, 0.29) is 31.1 Å². The van der Waals surface area contributed by atoms with Gasteiger partial charge in [0.15, 0.2) is 6.10 Å². The first kappa shape index (κ1) is 61.9. The summed E-state index contributed by atoms with van der Waals surface area (Å²) < 4.78 is 16.7. The highest BCUT2D eigenvalue weighted by atomic mass is 16.6. The summed E-state index contributed by atoms with van der Waals surface area (Å²) in [4.78, 5) is 37.7. The summed E-state index contributed by atoms with van der Waals surface area (Å²) in [6.07, 6.45) is 68.0. The SMILES string of the molecule is CC/C=C\C/C=C\C/C=C\C/C=C\C/C=C\C/C=C\CCCCC(=O)OCC(COC(=O)CCCCCCC)OC(=O)CCCCCCCCCCCCCCCCCCCCCCC. The van der Waals surface area contributed by atoms with Crippen molar-refractivity contribution in [1.29, 1.82) is 0 Å². The van der Waals surface area contributed by atoms with Crippen LogP contribution in [-0.2, 0) is 28.6 Å². The van der Waals surface area contributed by atoms with E-state index >= 15 is 0 Å². The Hall–Kier alpha value is -3.15. The van der Waals surface area contributed by atoms with Gasteiger partial charge in [0, 0.05) is 19.3 Å². The molecule has 0 heterocycles. The fraction of sp³-hybridized carbons (Fsp3) is 0.746. The second kappa shape index (κ2) is 53.5. The van der Waals surface area contributed by atoms with E-state index in [9.17, 15) is 14.4 Å². The van der Waals surface area contributed by atoms with Crippen molar-refractivity contribution in [3.63, 3.8) is 0 Å². The maximum absolute atomic E-state index is 12.8. The molecule has 0 aliphatic rings. The van der Waals surface area contributed by atoms with Crippen molar-refractivity contribution in [2.75, 3.05) is 13.2 Å². The lowest BCUT2D eigenvalue weighted by Gasteiger charge is -2.18. The van der Waals surface area contributed by atoms with Gasteiger partial charge in [-0.3, -0.25) is 14.4 Å². The smallest absolute Gasteiger partial charge is 0.306 e. The third-order valence-corrected chi connectivity index (χ3v) is 11.7. The molecule has 0 aromatic carbocycles. The third-order valence-electron chi connectivity index (χ3n) is 11.7. The minimum atomic E-state index is -0.788. The van der Waals surface area contributed by atoms with E-state index in [0.717, 1.165) is 103 Å². The Bertz CT molecular complexity index is 1230. The summed E-state index contributed by atoms with van der Waals surface area (Å²) in [5.41, 5.74) is 0. The Morgan fingerprint density at radius 3 is 0.938 bits per heavy atom. The van der Waals surface area contributed by atoms with Gasteiger partial charge < -0.3 is 14.2 Å². The van der Waals surface area contributed by atoms with Crippen molar-refractivity contribution >= 4 is 17.9 Å². The molecule has 0 fully saturated rings. The molecule has 6 heteroatoms. The average molecular weight is 907 g/mol. The first-order chi connectivity index (χ1) is 32.0. The molecule has 0 saturated heterocycles. The maximum atomic E-state index is 12.8. The standard InChI is InChI=1S/C59H102O6/c1-4-7-10-13-15-17-19-21-23-25-27-29-31-33-35-37-39-41-43-46-49-52-58(61)64-55-56(54-63-57(60)51-48-45-12-9-6-3)65-59(62)53-50-47-44-42-40-38-36-34-32-30-28-26-24-22-20-18-16-14-11-8-5-2/h7,10,15,17,21,23,27,29,33,35,39,41,56H,4-6,8-9,11-14,16,18-20,22,24-26,28,30-32,34,36-38,40,42-55H2,1-3H3/b10-7-,17-15-,23-21-,29-27-,35-33-,41-39-. The third kappa shape index (κ3) is 51.7. The van der Waals surface area contributed by atoms with Gasteiger partial charge in [-0.1, -0.05) is 248 Å². The number of ether oxygens (including phenoxy) is 3. The molecule has 0 aromatic heterocycles. The van der Waals surface area contributed by atoms with Crippen molar-refractivity contribution < 1.29 is 28.6 Å². The van der Waals surface area contributed by atoms with Crippen LogP contribution < -0.4 is 0 Å². The predicted molar refractivity (Wildman–Crippen MR) is 279 cm³/mol. The number of carbonyl (C=O) groups excluding carboxylic acids is 3. The van der Waals surface area contributed by atoms with Gasteiger partial charge in [0.25, 0.3) is 0 Å². The van der Waals surface area contributed by atoms with Crippen molar-refractivity contribution in [3.05, 3.63) is 72.9 Å². The van der Waals surface area contributed by atoms with Crippen molar-refractivity contribution in [2.24, 2.45) is 0 Å². The highest BCUT2D eigenvalue weighted by Gasteiger charge is 2.19. The van der Waals surface area contributed by atoms with Crippen molar-refractivity contribution in [3.8, 4) is 0 Å². The van der Waals surface area contributed by atoms with Crippen LogP contribution >= 0.6 is 0 Å². The van der Waals surface area contributed by atoms with Crippen LogP contribution in [0.3, 0.4) is 0 Å². The number of allylic oxidation sites excluding steroid dienone is 12. The van der Waals surface area contributed by atoms with Crippen LogP contribution in [-0.4, -0.2) is 37.2 Å². The first-order valence-corrected chi connectivity index (χ1v) is 27.4. The Labute approximate surface area is 402 Å². The minimum absolute atomic E-state index is 0.0885. The maximum Gasteiger partial charge on any atom is 0.306 e. The van der Waals surface area contributed by atoms with E-state index in [1.807, 2.05) is 0 Å². The summed E-state index contributed by atoms with van der Waals surface area (Å²) in [5.74, 6) is -0.941. The second-order valence-electron chi connectivity index (χ2n) is 18.1. The summed E-state index contributed by atoms with van der Waals surface area (Å²) in [7, 11) is 0. The second-order valence-corrected chi connectivity index (χ2v) is 18.1. The zero-order valence-electron chi connectivity index (χ0n) is 42.7. The van der Waals surface area contributed by atoms with Gasteiger partial charge in [0.05, 0.1) is 0 Å². The zero-order chi connectivity index (χ0) is 47.2. The lowest BCUT2D eigenvalue weighted by Crippen LogP contribution is -2.30. The molecule has 65 heavy (non-hydrogen) atoms. The van der Waals surface area contributed by atoms with Gasteiger partial charge in [0.1, 0.15) is 13.2 Å². The molecule has 0 N–H and O–H groups in total. The molecule has 0 aliphatic carbocycles. The van der Waals surface area contributed by atoms with Crippen LogP contribution in [0, 0.1) is 0 Å². The van der Waals surface area contributed by atoms with Crippen molar-refractivity contribution in [2.45, 2.75) is 271 Å². The molecule has 0 saturated carbocycles. The number of hydrogen-bond donors (Lipinski definition) is 0. The number of unbranched alkanes of at least 4 members (excludes halogenated alkanes) is 26. The number of rotatable bonds is 49. The Morgan fingerprint density at radius 1 is 0.323 bits per heavy atom. The molecule has 1 atom stereocenters. The number of hydrogen-bond acceptors (Lipinski definition) is 6. The summed E-state index contributed by atoms with van der Waals surface area (Å²) in [5, 5.41) is 0. The molecule has 0 radical (unpaired) electrons. The zero-order valence-corrected chi connectivity index (χ0v) is 42.7. The molecule has 0 rings (SSSR count). The van der Waals surface area contributed by atoms with Crippen LogP contribution in [0.15, 0.2) is 72.9 Å². The Kier molecular flexibility index (Phi) is 50.9. The van der Waals surface area contributed by atoms with Crippen LogP contribution in [0.25, 0.3) is 0 Å². The van der Waals surface area contributed by atoms with Gasteiger partial charge >= 0.3 is 17.9 Å².